The van der Waals surface area contributed by atoms with Crippen molar-refractivity contribution in [2.24, 2.45) is 0 Å². The SMILES string of the molecule is COc1cccc(O[C@@H](C)C(=O)NCc2cc(OC)c(OC)c(OC)c2)c1. The second-order valence-corrected chi connectivity index (χ2v) is 5.69. The van der Waals surface area contributed by atoms with Crippen LogP contribution in [-0.4, -0.2) is 40.5 Å². The molecular weight excluding hydrogens is 350 g/mol. The lowest BCUT2D eigenvalue weighted by atomic mass is 10.1. The van der Waals surface area contributed by atoms with Crippen LogP contribution < -0.4 is 29.0 Å². The minimum absolute atomic E-state index is 0.244. The fourth-order valence-corrected chi connectivity index (χ4v) is 2.50. The number of benzene rings is 2. The monoisotopic (exact) mass is 375 g/mol. The molecule has 0 heterocycles. The van der Waals surface area contributed by atoms with Crippen LogP contribution in [0.1, 0.15) is 12.5 Å². The van der Waals surface area contributed by atoms with E-state index in [1.165, 1.54) is 0 Å². The minimum atomic E-state index is -0.667. The molecular formula is C20H25NO6. The molecule has 0 saturated carbocycles. The average molecular weight is 375 g/mol. The first-order chi connectivity index (χ1) is 13.0. The first kappa shape index (κ1) is 20.2. The van der Waals surface area contributed by atoms with Crippen molar-refractivity contribution in [2.45, 2.75) is 19.6 Å². The molecule has 2 aromatic carbocycles. The highest BCUT2D eigenvalue weighted by Crippen LogP contribution is 2.38. The Morgan fingerprint density at radius 3 is 2.11 bits per heavy atom. The number of nitrogens with one attached hydrogen (secondary N) is 1. The minimum Gasteiger partial charge on any atom is -0.497 e. The van der Waals surface area contributed by atoms with Gasteiger partial charge in [0.15, 0.2) is 17.6 Å². The molecule has 7 nitrogen and oxygen atoms in total. The number of hydrogen-bond donors (Lipinski definition) is 1. The molecule has 0 bridgehead atoms. The first-order valence-electron chi connectivity index (χ1n) is 8.39. The molecule has 0 aromatic heterocycles. The van der Waals surface area contributed by atoms with Gasteiger partial charge in [-0.05, 0) is 36.8 Å². The number of rotatable bonds is 9. The Bertz CT molecular complexity index is 752. The van der Waals surface area contributed by atoms with E-state index in [1.54, 1.807) is 65.7 Å². The zero-order valence-electron chi connectivity index (χ0n) is 16.2. The van der Waals surface area contributed by atoms with Crippen molar-refractivity contribution in [3.8, 4) is 28.7 Å². The lowest BCUT2D eigenvalue weighted by Gasteiger charge is -2.17. The van der Waals surface area contributed by atoms with Crippen molar-refractivity contribution in [3.63, 3.8) is 0 Å². The van der Waals surface area contributed by atoms with E-state index < -0.39 is 6.10 Å². The Balaban J connectivity index is 2.01. The highest BCUT2D eigenvalue weighted by Gasteiger charge is 2.17. The Labute approximate surface area is 159 Å². The fourth-order valence-electron chi connectivity index (χ4n) is 2.50. The maximum atomic E-state index is 12.4. The third-order valence-corrected chi connectivity index (χ3v) is 3.91. The maximum absolute atomic E-state index is 12.4. The van der Waals surface area contributed by atoms with Gasteiger partial charge in [-0.3, -0.25) is 4.79 Å². The summed E-state index contributed by atoms with van der Waals surface area (Å²) in [6, 6.07) is 10.7. The van der Waals surface area contributed by atoms with Crippen molar-refractivity contribution in [1.82, 2.24) is 5.32 Å². The standard InChI is InChI=1S/C20H25NO6/c1-13(27-16-8-6-7-15(11-16)23-2)20(22)21-12-14-9-17(24-3)19(26-5)18(10-14)25-4/h6-11,13H,12H2,1-5H3,(H,21,22)/t13-/m0/s1. The second kappa shape index (κ2) is 9.56. The molecule has 0 spiro atoms. The molecule has 7 heteroatoms. The van der Waals surface area contributed by atoms with Gasteiger partial charge in [-0.2, -0.15) is 0 Å². The highest BCUT2D eigenvalue weighted by molar-refractivity contribution is 5.80. The summed E-state index contributed by atoms with van der Waals surface area (Å²) in [5, 5.41) is 2.84. The quantitative estimate of drug-likeness (QED) is 0.726. The molecule has 0 unspecified atom stereocenters. The van der Waals surface area contributed by atoms with Crippen molar-refractivity contribution in [2.75, 3.05) is 28.4 Å². The Morgan fingerprint density at radius 2 is 1.56 bits per heavy atom. The summed E-state index contributed by atoms with van der Waals surface area (Å²) < 4.78 is 26.8. The van der Waals surface area contributed by atoms with E-state index in [4.69, 9.17) is 23.7 Å². The van der Waals surface area contributed by atoms with Crippen molar-refractivity contribution in [1.29, 1.82) is 0 Å². The van der Waals surface area contributed by atoms with Gasteiger partial charge in [0.1, 0.15) is 11.5 Å². The first-order valence-corrected chi connectivity index (χ1v) is 8.39. The molecule has 0 fully saturated rings. The summed E-state index contributed by atoms with van der Waals surface area (Å²) in [6.07, 6.45) is -0.667. The predicted molar refractivity (Wildman–Crippen MR) is 101 cm³/mol. The van der Waals surface area contributed by atoms with Gasteiger partial charge < -0.3 is 29.0 Å². The van der Waals surface area contributed by atoms with Crippen LogP contribution in [0.4, 0.5) is 0 Å². The van der Waals surface area contributed by atoms with E-state index in [1.807, 2.05) is 6.07 Å². The number of carbonyl (C=O) groups excluding carboxylic acids is 1. The fraction of sp³-hybridized carbons (Fsp3) is 0.350. The smallest absolute Gasteiger partial charge is 0.261 e. The van der Waals surface area contributed by atoms with Crippen LogP contribution in [0.5, 0.6) is 28.7 Å². The summed E-state index contributed by atoms with van der Waals surface area (Å²) in [7, 11) is 6.21. The van der Waals surface area contributed by atoms with Gasteiger partial charge in [0.2, 0.25) is 5.75 Å². The molecule has 27 heavy (non-hydrogen) atoms. The number of amides is 1. The van der Waals surface area contributed by atoms with Crippen LogP contribution in [0.3, 0.4) is 0 Å². The largest absolute Gasteiger partial charge is 0.497 e. The van der Waals surface area contributed by atoms with Gasteiger partial charge in [-0.1, -0.05) is 6.07 Å². The average Bonchev–Trinajstić information content (AvgIpc) is 2.70. The lowest BCUT2D eigenvalue weighted by molar-refractivity contribution is -0.127. The zero-order valence-corrected chi connectivity index (χ0v) is 16.2. The van der Waals surface area contributed by atoms with Crippen molar-refractivity contribution in [3.05, 3.63) is 42.0 Å². The van der Waals surface area contributed by atoms with Crippen LogP contribution in [0.15, 0.2) is 36.4 Å². The van der Waals surface area contributed by atoms with E-state index in [9.17, 15) is 4.79 Å². The zero-order chi connectivity index (χ0) is 19.8. The van der Waals surface area contributed by atoms with Gasteiger partial charge in [-0.25, -0.2) is 0 Å². The molecule has 2 aromatic rings. The van der Waals surface area contributed by atoms with Crippen molar-refractivity contribution < 1.29 is 28.5 Å². The van der Waals surface area contributed by atoms with Gasteiger partial charge in [0.25, 0.3) is 5.91 Å². The summed E-state index contributed by atoms with van der Waals surface area (Å²) in [5.41, 5.74) is 0.812. The molecule has 0 aliphatic heterocycles. The van der Waals surface area contributed by atoms with E-state index >= 15 is 0 Å². The topological polar surface area (TPSA) is 75.3 Å². The van der Waals surface area contributed by atoms with Gasteiger partial charge >= 0.3 is 0 Å². The Morgan fingerprint density at radius 1 is 0.926 bits per heavy atom. The Hall–Kier alpha value is -3.09. The van der Waals surface area contributed by atoms with Gasteiger partial charge in [0, 0.05) is 12.6 Å². The molecule has 1 atom stereocenters. The van der Waals surface area contributed by atoms with E-state index in [0.29, 0.717) is 35.3 Å². The maximum Gasteiger partial charge on any atom is 0.261 e. The summed E-state index contributed by atoms with van der Waals surface area (Å²) in [4.78, 5) is 12.4. The number of methoxy groups -OCH3 is 4. The van der Waals surface area contributed by atoms with Crippen LogP contribution >= 0.6 is 0 Å². The van der Waals surface area contributed by atoms with Gasteiger partial charge in [0.05, 0.1) is 28.4 Å². The summed E-state index contributed by atoms with van der Waals surface area (Å²) >= 11 is 0. The van der Waals surface area contributed by atoms with Crippen LogP contribution in [-0.2, 0) is 11.3 Å². The number of ether oxygens (including phenoxy) is 5. The molecule has 0 aliphatic rings. The second-order valence-electron chi connectivity index (χ2n) is 5.69. The number of carbonyl (C=O) groups is 1. The van der Waals surface area contributed by atoms with E-state index in [2.05, 4.69) is 5.32 Å². The molecule has 0 radical (unpaired) electrons. The van der Waals surface area contributed by atoms with E-state index in [-0.39, 0.29) is 5.91 Å². The van der Waals surface area contributed by atoms with Gasteiger partial charge in [-0.15, -0.1) is 0 Å². The van der Waals surface area contributed by atoms with Crippen LogP contribution in [0, 0.1) is 0 Å². The normalized spacial score (nSPS) is 11.3. The third kappa shape index (κ3) is 5.20. The van der Waals surface area contributed by atoms with E-state index in [0.717, 1.165) is 5.56 Å². The van der Waals surface area contributed by atoms with Crippen molar-refractivity contribution >= 4 is 5.91 Å². The van der Waals surface area contributed by atoms with Crippen LogP contribution in [0.25, 0.3) is 0 Å². The molecule has 2 rings (SSSR count). The summed E-state index contributed by atoms with van der Waals surface area (Å²) in [5.74, 6) is 2.54. The molecule has 1 amide bonds. The molecule has 1 N–H and O–H groups in total. The lowest BCUT2D eigenvalue weighted by Crippen LogP contribution is -2.35. The molecule has 146 valence electrons. The predicted octanol–water partition coefficient (Wildman–Crippen LogP) is 2.80. The van der Waals surface area contributed by atoms with Crippen LogP contribution in [0.2, 0.25) is 0 Å². The highest BCUT2D eigenvalue weighted by atomic mass is 16.5. The Kier molecular flexibility index (Phi) is 7.16. The number of hydrogen-bond acceptors (Lipinski definition) is 6. The molecule has 0 saturated heterocycles. The third-order valence-electron chi connectivity index (χ3n) is 3.91. The summed E-state index contributed by atoms with van der Waals surface area (Å²) in [6.45, 7) is 1.98. The molecule has 0 aliphatic carbocycles.